The fourth-order valence-corrected chi connectivity index (χ4v) is 1.07. The van der Waals surface area contributed by atoms with E-state index in [1.807, 2.05) is 12.1 Å². The highest BCUT2D eigenvalue weighted by atomic mass is 35.5. The Bertz CT molecular complexity index is 419. The molecule has 0 unspecified atom stereocenters. The van der Waals surface area contributed by atoms with Gasteiger partial charge in [-0.1, -0.05) is 23.7 Å². The summed E-state index contributed by atoms with van der Waals surface area (Å²) < 4.78 is 5.39. The Morgan fingerprint density at radius 3 is 3.00 bits per heavy atom. The molecule has 0 aliphatic rings. The van der Waals surface area contributed by atoms with Gasteiger partial charge >= 0.3 is 0 Å². The quantitative estimate of drug-likeness (QED) is 0.708. The molecule has 2 rings (SSSR count). The van der Waals surface area contributed by atoms with Crippen molar-refractivity contribution in [1.29, 1.82) is 0 Å². The number of rotatable bonds is 2. The van der Waals surface area contributed by atoms with E-state index in [9.17, 15) is 0 Å². The molecule has 69 valence electrons. The van der Waals surface area contributed by atoms with Gasteiger partial charge in [-0.05, 0) is 18.2 Å². The highest BCUT2D eigenvalue weighted by molar-refractivity contribution is 6.29. The summed E-state index contributed by atoms with van der Waals surface area (Å²) in [4.78, 5) is 7.65. The van der Waals surface area contributed by atoms with Gasteiger partial charge in [-0.15, -0.1) is 0 Å². The van der Waals surface area contributed by atoms with E-state index in [1.54, 1.807) is 18.2 Å². The first kappa shape index (κ1) is 8.97. The van der Waals surface area contributed by atoms with Crippen LogP contribution in [0.15, 0.2) is 36.7 Å². The zero-order valence-electron chi connectivity index (χ0n) is 7.14. The largest absolute Gasteiger partial charge is 0.439 e. The van der Waals surface area contributed by atoms with Gasteiger partial charge in [0.15, 0.2) is 0 Å². The van der Waals surface area contributed by atoms with E-state index in [2.05, 4.69) is 16.0 Å². The lowest BCUT2D eigenvalue weighted by molar-refractivity contribution is 0.461. The number of halogens is 1. The second-order valence-electron chi connectivity index (χ2n) is 2.52. The van der Waals surface area contributed by atoms with Crippen molar-refractivity contribution in [2.45, 2.75) is 0 Å². The van der Waals surface area contributed by atoms with Gasteiger partial charge in [0.2, 0.25) is 5.88 Å². The predicted octanol–water partition coefficient (Wildman–Crippen LogP) is 2.72. The molecule has 1 aromatic carbocycles. The third-order valence-corrected chi connectivity index (χ3v) is 1.72. The summed E-state index contributed by atoms with van der Waals surface area (Å²) >= 11 is 5.67. The number of benzene rings is 1. The molecule has 1 heterocycles. The molecule has 0 aliphatic carbocycles. The van der Waals surface area contributed by atoms with Crippen LogP contribution in [0.25, 0.3) is 0 Å². The first-order chi connectivity index (χ1) is 6.84. The molecule has 0 amide bonds. The fraction of sp³-hybridized carbons (Fsp3) is 0. The number of nitrogens with zero attached hydrogens (tertiary/aromatic N) is 2. The third kappa shape index (κ3) is 2.20. The molecule has 0 atom stereocenters. The lowest BCUT2D eigenvalue weighted by atomic mass is 10.3. The summed E-state index contributed by atoms with van der Waals surface area (Å²) in [6.45, 7) is 0. The number of hydrogen-bond acceptors (Lipinski definition) is 3. The van der Waals surface area contributed by atoms with Crippen molar-refractivity contribution in [3.05, 3.63) is 47.9 Å². The van der Waals surface area contributed by atoms with Crippen LogP contribution in [0.1, 0.15) is 0 Å². The molecule has 0 saturated heterocycles. The molecule has 0 N–H and O–H groups in total. The van der Waals surface area contributed by atoms with Crippen LogP contribution in [-0.2, 0) is 0 Å². The van der Waals surface area contributed by atoms with E-state index in [-0.39, 0.29) is 0 Å². The third-order valence-electron chi connectivity index (χ3n) is 1.51. The van der Waals surface area contributed by atoms with Crippen molar-refractivity contribution in [3.63, 3.8) is 0 Å². The number of aromatic nitrogens is 2. The molecule has 0 spiro atoms. The topological polar surface area (TPSA) is 35.0 Å². The number of hydrogen-bond donors (Lipinski definition) is 0. The van der Waals surface area contributed by atoms with Gasteiger partial charge in [0.25, 0.3) is 0 Å². The summed E-state index contributed by atoms with van der Waals surface area (Å²) in [5.41, 5.74) is 0. The summed E-state index contributed by atoms with van der Waals surface area (Å²) in [6.07, 6.45) is 1.35. The second-order valence-corrected chi connectivity index (χ2v) is 2.91. The van der Waals surface area contributed by atoms with Gasteiger partial charge < -0.3 is 4.74 Å². The van der Waals surface area contributed by atoms with Crippen LogP contribution in [0.5, 0.6) is 11.6 Å². The minimum absolute atomic E-state index is 0.356. The van der Waals surface area contributed by atoms with Crippen molar-refractivity contribution in [1.82, 2.24) is 9.97 Å². The van der Waals surface area contributed by atoms with Crippen LogP contribution in [-0.4, -0.2) is 9.97 Å². The monoisotopic (exact) mass is 205 g/mol. The van der Waals surface area contributed by atoms with Crippen LogP contribution in [0.3, 0.4) is 0 Å². The Morgan fingerprint density at radius 1 is 1.36 bits per heavy atom. The van der Waals surface area contributed by atoms with Crippen LogP contribution in [0.4, 0.5) is 0 Å². The molecule has 4 heteroatoms. The van der Waals surface area contributed by atoms with Crippen LogP contribution in [0.2, 0.25) is 5.15 Å². The molecule has 0 aliphatic heterocycles. The normalized spacial score (nSPS) is 9.79. The molecular weight excluding hydrogens is 200 g/mol. The maximum atomic E-state index is 5.67. The maximum absolute atomic E-state index is 5.67. The Kier molecular flexibility index (Phi) is 2.60. The second kappa shape index (κ2) is 4.07. The van der Waals surface area contributed by atoms with Gasteiger partial charge in [-0.25, -0.2) is 9.97 Å². The van der Waals surface area contributed by atoms with Crippen LogP contribution >= 0.6 is 11.6 Å². The zero-order valence-corrected chi connectivity index (χ0v) is 7.90. The van der Waals surface area contributed by atoms with Crippen molar-refractivity contribution in [2.75, 3.05) is 0 Å². The average Bonchev–Trinajstić information content (AvgIpc) is 2.19. The van der Waals surface area contributed by atoms with Gasteiger partial charge in [0, 0.05) is 6.07 Å². The Morgan fingerprint density at radius 2 is 2.29 bits per heavy atom. The van der Waals surface area contributed by atoms with Gasteiger partial charge in [0.1, 0.15) is 17.2 Å². The van der Waals surface area contributed by atoms with Crippen molar-refractivity contribution < 1.29 is 4.74 Å². The molecule has 0 fully saturated rings. The first-order valence-electron chi connectivity index (χ1n) is 3.96. The standard InChI is InChI=1S/C10H6ClN2O/c11-9-6-10(13-7-12-9)14-8-4-2-1-3-5-8/h1-2,4-7H. The first-order valence-corrected chi connectivity index (χ1v) is 4.34. The molecule has 3 nitrogen and oxygen atoms in total. The van der Waals surface area contributed by atoms with Gasteiger partial charge in [-0.3, -0.25) is 0 Å². The Balaban J connectivity index is 2.19. The number of ether oxygens (including phenoxy) is 1. The minimum atomic E-state index is 0.356. The highest BCUT2D eigenvalue weighted by Crippen LogP contribution is 2.19. The summed E-state index contributed by atoms with van der Waals surface area (Å²) in [5, 5.41) is 0.356. The van der Waals surface area contributed by atoms with E-state index in [4.69, 9.17) is 16.3 Å². The van der Waals surface area contributed by atoms with E-state index in [0.717, 1.165) is 0 Å². The molecular formula is C10H6ClN2O. The Labute approximate surface area is 86.3 Å². The fourth-order valence-electron chi connectivity index (χ4n) is 0.934. The molecule has 0 bridgehead atoms. The minimum Gasteiger partial charge on any atom is -0.439 e. The summed E-state index contributed by atoms with van der Waals surface area (Å²) in [6, 6.07) is 11.6. The molecule has 0 saturated carbocycles. The van der Waals surface area contributed by atoms with Gasteiger partial charge in [0.05, 0.1) is 0 Å². The lowest BCUT2D eigenvalue weighted by Crippen LogP contribution is -1.88. The van der Waals surface area contributed by atoms with Crippen molar-refractivity contribution >= 4 is 11.6 Å². The maximum Gasteiger partial charge on any atom is 0.223 e. The average molecular weight is 206 g/mol. The van der Waals surface area contributed by atoms with Crippen molar-refractivity contribution in [3.8, 4) is 11.6 Å². The Hall–Kier alpha value is -1.61. The zero-order chi connectivity index (χ0) is 9.80. The van der Waals surface area contributed by atoms with E-state index < -0.39 is 0 Å². The van der Waals surface area contributed by atoms with Gasteiger partial charge in [-0.2, -0.15) is 0 Å². The molecule has 14 heavy (non-hydrogen) atoms. The lowest BCUT2D eigenvalue weighted by Gasteiger charge is -2.02. The van der Waals surface area contributed by atoms with Crippen LogP contribution < -0.4 is 4.74 Å². The van der Waals surface area contributed by atoms with E-state index in [0.29, 0.717) is 16.8 Å². The highest BCUT2D eigenvalue weighted by Gasteiger charge is 1.98. The van der Waals surface area contributed by atoms with E-state index in [1.165, 1.54) is 6.33 Å². The predicted molar refractivity (Wildman–Crippen MR) is 52.4 cm³/mol. The molecule has 2 aromatic rings. The van der Waals surface area contributed by atoms with Crippen molar-refractivity contribution in [2.24, 2.45) is 0 Å². The summed E-state index contributed by atoms with van der Waals surface area (Å²) in [5.74, 6) is 1.09. The smallest absolute Gasteiger partial charge is 0.223 e. The molecule has 1 radical (unpaired) electrons. The van der Waals surface area contributed by atoms with E-state index >= 15 is 0 Å². The SMILES string of the molecule is Clc1cc(Oc2c[c]ccc2)ncn1. The summed E-state index contributed by atoms with van der Waals surface area (Å²) in [7, 11) is 0. The van der Waals surface area contributed by atoms with Crippen LogP contribution in [0, 0.1) is 6.07 Å². The molecule has 1 aromatic heterocycles.